The molecule has 1 saturated heterocycles. The Kier molecular flexibility index (Phi) is 3.52. The average molecular weight is 242 g/mol. The lowest BCUT2D eigenvalue weighted by Crippen LogP contribution is -2.44. The molecule has 2 aliphatic carbocycles. The highest BCUT2D eigenvalue weighted by molar-refractivity contribution is 7.48. The van der Waals surface area contributed by atoms with Crippen molar-refractivity contribution in [2.75, 3.05) is 7.11 Å². The van der Waals surface area contributed by atoms with Crippen molar-refractivity contribution in [3.63, 3.8) is 0 Å². The van der Waals surface area contributed by atoms with Crippen molar-refractivity contribution in [1.29, 1.82) is 0 Å². The molecule has 1 heterocycles. The largest absolute Gasteiger partial charge is 0.337 e. The molecule has 3 rings (SSSR count). The van der Waals surface area contributed by atoms with Gasteiger partial charge in [0.2, 0.25) is 0 Å². The number of rotatable bonds is 1. The first-order chi connectivity index (χ1) is 7.90. The van der Waals surface area contributed by atoms with Gasteiger partial charge in [-0.15, -0.1) is 0 Å². The summed E-state index contributed by atoms with van der Waals surface area (Å²) < 4.78 is 11.9. The van der Waals surface area contributed by atoms with E-state index in [-0.39, 0.29) is 0 Å². The fraction of sp³-hybridized carbons (Fsp3) is 1.00. The van der Waals surface area contributed by atoms with E-state index in [4.69, 9.17) is 9.05 Å². The Morgan fingerprint density at radius 1 is 0.938 bits per heavy atom. The van der Waals surface area contributed by atoms with Gasteiger partial charge in [-0.05, 0) is 37.5 Å². The lowest BCUT2D eigenvalue weighted by Gasteiger charge is -2.50. The standard InChI is InChI=1S/C13H23O2P/c1-14-16-13-9-5-3-7-11(13)10-6-2-4-8-12(10)15-16/h10-13H,2-9H2,1H3. The Labute approximate surface area is 100 Å². The summed E-state index contributed by atoms with van der Waals surface area (Å²) in [5, 5.41) is 0. The van der Waals surface area contributed by atoms with Gasteiger partial charge in [0.25, 0.3) is 0 Å². The minimum Gasteiger partial charge on any atom is -0.337 e. The molecule has 0 aromatic heterocycles. The van der Waals surface area contributed by atoms with Crippen molar-refractivity contribution in [2.24, 2.45) is 11.8 Å². The van der Waals surface area contributed by atoms with Gasteiger partial charge >= 0.3 is 0 Å². The SMILES string of the molecule is COP1OC2CCCCC2C2CCCCC21. The molecule has 3 heteroatoms. The lowest BCUT2D eigenvalue weighted by molar-refractivity contribution is 0.0134. The minimum absolute atomic E-state index is 0.541. The molecule has 0 amide bonds. The Morgan fingerprint density at radius 2 is 1.62 bits per heavy atom. The van der Waals surface area contributed by atoms with E-state index < -0.39 is 8.38 Å². The summed E-state index contributed by atoms with van der Waals surface area (Å²) in [5.41, 5.74) is 0.757. The predicted octanol–water partition coefficient (Wildman–Crippen LogP) is 4.09. The van der Waals surface area contributed by atoms with Crippen molar-refractivity contribution < 1.29 is 9.05 Å². The van der Waals surface area contributed by atoms with Gasteiger partial charge in [-0.25, -0.2) is 0 Å². The smallest absolute Gasteiger partial charge is 0.174 e. The molecule has 5 unspecified atom stereocenters. The Balaban J connectivity index is 1.79. The zero-order valence-corrected chi connectivity index (χ0v) is 11.1. The van der Waals surface area contributed by atoms with Gasteiger partial charge in [-0.3, -0.25) is 0 Å². The first-order valence-electron chi connectivity index (χ1n) is 6.90. The van der Waals surface area contributed by atoms with Crippen LogP contribution in [-0.4, -0.2) is 18.9 Å². The molecule has 3 fully saturated rings. The Hall–Kier alpha value is 0.350. The molecule has 0 radical (unpaired) electrons. The maximum Gasteiger partial charge on any atom is 0.174 e. The van der Waals surface area contributed by atoms with E-state index in [9.17, 15) is 0 Å². The van der Waals surface area contributed by atoms with Gasteiger partial charge in [0.1, 0.15) is 0 Å². The van der Waals surface area contributed by atoms with E-state index in [1.54, 1.807) is 0 Å². The molecule has 0 aromatic carbocycles. The van der Waals surface area contributed by atoms with Crippen LogP contribution in [0, 0.1) is 11.8 Å². The zero-order valence-electron chi connectivity index (χ0n) is 10.2. The highest BCUT2D eigenvalue weighted by Crippen LogP contribution is 2.60. The first-order valence-corrected chi connectivity index (χ1v) is 8.15. The van der Waals surface area contributed by atoms with Crippen LogP contribution in [0.25, 0.3) is 0 Å². The maximum absolute atomic E-state index is 6.25. The second kappa shape index (κ2) is 4.92. The number of fused-ring (bicyclic) bond motifs is 3. The summed E-state index contributed by atoms with van der Waals surface area (Å²) >= 11 is 0. The summed E-state index contributed by atoms with van der Waals surface area (Å²) in [6.45, 7) is 0. The van der Waals surface area contributed by atoms with E-state index >= 15 is 0 Å². The third-order valence-electron chi connectivity index (χ3n) is 4.78. The van der Waals surface area contributed by atoms with Crippen LogP contribution >= 0.6 is 8.38 Å². The van der Waals surface area contributed by atoms with Gasteiger partial charge < -0.3 is 9.05 Å². The minimum atomic E-state index is -0.571. The van der Waals surface area contributed by atoms with Crippen LogP contribution in [0.2, 0.25) is 0 Å². The fourth-order valence-corrected chi connectivity index (χ4v) is 6.16. The van der Waals surface area contributed by atoms with Gasteiger partial charge in [0, 0.05) is 12.8 Å². The molecule has 3 aliphatic rings. The van der Waals surface area contributed by atoms with Gasteiger partial charge in [-0.1, -0.05) is 25.7 Å². The summed E-state index contributed by atoms with van der Waals surface area (Å²) in [6.07, 6.45) is 11.7. The molecule has 1 aliphatic heterocycles. The van der Waals surface area contributed by atoms with Crippen LogP contribution in [-0.2, 0) is 9.05 Å². The topological polar surface area (TPSA) is 18.5 Å². The van der Waals surface area contributed by atoms with Crippen LogP contribution in [0.5, 0.6) is 0 Å². The van der Waals surface area contributed by atoms with Crippen molar-refractivity contribution in [1.82, 2.24) is 0 Å². The second-order valence-corrected chi connectivity index (χ2v) is 7.39. The Bertz CT molecular complexity index is 234. The molecule has 2 saturated carbocycles. The van der Waals surface area contributed by atoms with Crippen LogP contribution in [0.15, 0.2) is 0 Å². The third kappa shape index (κ3) is 1.94. The van der Waals surface area contributed by atoms with Crippen LogP contribution in [0.1, 0.15) is 51.4 Å². The van der Waals surface area contributed by atoms with Gasteiger partial charge in [-0.2, -0.15) is 0 Å². The lowest BCUT2D eigenvalue weighted by atomic mass is 9.71. The van der Waals surface area contributed by atoms with E-state index in [1.165, 1.54) is 51.4 Å². The van der Waals surface area contributed by atoms with E-state index in [2.05, 4.69) is 0 Å². The Morgan fingerprint density at radius 3 is 2.44 bits per heavy atom. The third-order valence-corrected chi connectivity index (χ3v) is 6.80. The second-order valence-electron chi connectivity index (χ2n) is 5.58. The zero-order chi connectivity index (χ0) is 11.0. The fourth-order valence-electron chi connectivity index (χ4n) is 4.04. The molecule has 5 atom stereocenters. The summed E-state index contributed by atoms with van der Waals surface area (Å²) in [5.74, 6) is 1.80. The van der Waals surface area contributed by atoms with Crippen molar-refractivity contribution >= 4 is 8.38 Å². The molecular formula is C13H23O2P. The summed E-state index contributed by atoms with van der Waals surface area (Å²) in [4.78, 5) is 0. The predicted molar refractivity (Wildman–Crippen MR) is 66.5 cm³/mol. The van der Waals surface area contributed by atoms with Crippen LogP contribution in [0.3, 0.4) is 0 Å². The first kappa shape index (κ1) is 11.4. The quantitative estimate of drug-likeness (QED) is 0.645. The summed E-state index contributed by atoms with van der Waals surface area (Å²) in [7, 11) is 1.28. The monoisotopic (exact) mass is 242 g/mol. The molecule has 0 N–H and O–H groups in total. The number of hydrogen-bond acceptors (Lipinski definition) is 2. The molecule has 0 aromatic rings. The van der Waals surface area contributed by atoms with Crippen molar-refractivity contribution in [3.8, 4) is 0 Å². The van der Waals surface area contributed by atoms with Gasteiger partial charge in [0.15, 0.2) is 8.38 Å². The van der Waals surface area contributed by atoms with Crippen LogP contribution < -0.4 is 0 Å². The molecule has 0 bridgehead atoms. The van der Waals surface area contributed by atoms with Crippen molar-refractivity contribution in [3.05, 3.63) is 0 Å². The maximum atomic E-state index is 6.25. The van der Waals surface area contributed by atoms with Crippen LogP contribution in [0.4, 0.5) is 0 Å². The molecule has 2 nitrogen and oxygen atoms in total. The van der Waals surface area contributed by atoms with E-state index in [0.29, 0.717) is 6.10 Å². The number of hydrogen-bond donors (Lipinski definition) is 0. The molecule has 16 heavy (non-hydrogen) atoms. The average Bonchev–Trinajstić information content (AvgIpc) is 2.38. The normalized spacial score (nSPS) is 48.2. The molecule has 92 valence electrons. The van der Waals surface area contributed by atoms with E-state index in [0.717, 1.165) is 17.5 Å². The van der Waals surface area contributed by atoms with E-state index in [1.807, 2.05) is 7.11 Å². The highest BCUT2D eigenvalue weighted by Gasteiger charge is 2.47. The van der Waals surface area contributed by atoms with Crippen molar-refractivity contribution in [2.45, 2.75) is 63.1 Å². The molecular weight excluding hydrogens is 219 g/mol. The molecule has 0 spiro atoms. The van der Waals surface area contributed by atoms with Gasteiger partial charge in [0.05, 0.1) is 6.10 Å². The summed E-state index contributed by atoms with van der Waals surface area (Å²) in [6, 6.07) is 0. The highest BCUT2D eigenvalue weighted by atomic mass is 31.2.